The number of fused-ring (bicyclic) bond motifs is 1. The number of ketones is 1. The van der Waals surface area contributed by atoms with Gasteiger partial charge in [0.15, 0.2) is 21.4 Å². The number of nitrogens with zero attached hydrogens (tertiary/aromatic N) is 3. The van der Waals surface area contributed by atoms with Gasteiger partial charge >= 0.3 is 0 Å². The van der Waals surface area contributed by atoms with Gasteiger partial charge in [-0.3, -0.25) is 9.69 Å². The molecule has 1 unspecified atom stereocenters. The molecule has 1 aliphatic heterocycles. The van der Waals surface area contributed by atoms with E-state index >= 15 is 0 Å². The number of anilines is 2. The number of benzene rings is 3. The number of carbonyl (C=O) groups excluding carboxylic acids is 1. The number of sulfone groups is 1. The lowest BCUT2D eigenvalue weighted by molar-refractivity contribution is -0.122. The third-order valence-corrected chi connectivity index (χ3v) is 8.74. The van der Waals surface area contributed by atoms with Gasteiger partial charge in [0.05, 0.1) is 41.9 Å². The van der Waals surface area contributed by atoms with Crippen LogP contribution in [0.25, 0.3) is 11.0 Å². The molecule has 5 rings (SSSR count). The van der Waals surface area contributed by atoms with Crippen molar-refractivity contribution in [1.82, 2.24) is 14.9 Å². The van der Waals surface area contributed by atoms with Crippen molar-refractivity contribution in [2.24, 2.45) is 0 Å². The van der Waals surface area contributed by atoms with Crippen molar-refractivity contribution in [2.75, 3.05) is 33.1 Å². The molecule has 1 aliphatic rings. The zero-order valence-corrected chi connectivity index (χ0v) is 23.6. The van der Waals surface area contributed by atoms with Crippen LogP contribution in [0, 0.1) is 0 Å². The second-order valence-corrected chi connectivity index (χ2v) is 11.9. The summed E-state index contributed by atoms with van der Waals surface area (Å²) in [6.07, 6.45) is 2.02. The second-order valence-electron chi connectivity index (χ2n) is 9.92. The van der Waals surface area contributed by atoms with Gasteiger partial charge in [-0.15, -0.1) is 0 Å². The van der Waals surface area contributed by atoms with Gasteiger partial charge in [0, 0.05) is 30.3 Å². The minimum absolute atomic E-state index is 0.107. The number of carbonyl (C=O) groups is 1. The first-order valence-corrected chi connectivity index (χ1v) is 14.7. The molecular weight excluding hydrogens is 528 g/mol. The minimum atomic E-state index is -3.82. The molecule has 0 amide bonds. The first-order chi connectivity index (χ1) is 19.3. The Labute approximate surface area is 234 Å². The van der Waals surface area contributed by atoms with E-state index in [1.165, 1.54) is 0 Å². The van der Waals surface area contributed by atoms with Gasteiger partial charge in [-0.05, 0) is 56.3 Å². The molecular formula is C30H32N4O5S. The van der Waals surface area contributed by atoms with E-state index < -0.39 is 9.84 Å². The molecule has 1 aromatic heterocycles. The lowest BCUT2D eigenvalue weighted by atomic mass is 10.0. The maximum absolute atomic E-state index is 13.7. The summed E-state index contributed by atoms with van der Waals surface area (Å²) in [5.74, 6) is 1.18. The van der Waals surface area contributed by atoms with Crippen molar-refractivity contribution >= 4 is 38.2 Å². The van der Waals surface area contributed by atoms with Gasteiger partial charge in [-0.2, -0.15) is 0 Å². The van der Waals surface area contributed by atoms with Crippen LogP contribution < -0.4 is 14.8 Å². The average Bonchev–Trinajstić information content (AvgIpc) is 3.39. The normalized spacial score (nSPS) is 15.7. The fourth-order valence-electron chi connectivity index (χ4n) is 5.00. The lowest BCUT2D eigenvalue weighted by Gasteiger charge is -2.18. The molecule has 0 saturated carbocycles. The highest BCUT2D eigenvalue weighted by atomic mass is 32.2. The molecule has 1 N–H and O–H groups in total. The molecule has 0 radical (unpaired) electrons. The Morgan fingerprint density at radius 3 is 2.33 bits per heavy atom. The number of aromatic nitrogens is 2. The smallest absolute Gasteiger partial charge is 0.184 e. The highest BCUT2D eigenvalue weighted by Crippen LogP contribution is 2.30. The number of hydrogen-bond acceptors (Lipinski definition) is 9. The summed E-state index contributed by atoms with van der Waals surface area (Å²) in [5, 5.41) is 3.21. The summed E-state index contributed by atoms with van der Waals surface area (Å²) in [6.45, 7) is 0.899. The van der Waals surface area contributed by atoms with Crippen LogP contribution in [0.4, 0.5) is 11.5 Å². The molecule has 1 atom stereocenters. The maximum atomic E-state index is 13.7. The number of Topliss-reactive ketones (excluding diaryl/α,β-unsaturated/α-hetero) is 1. The van der Waals surface area contributed by atoms with Crippen LogP contribution >= 0.6 is 0 Å². The molecule has 4 aromatic rings. The summed E-state index contributed by atoms with van der Waals surface area (Å²) < 4.78 is 38.1. The van der Waals surface area contributed by atoms with Crippen molar-refractivity contribution in [2.45, 2.75) is 36.0 Å². The molecule has 208 valence electrons. The van der Waals surface area contributed by atoms with Gasteiger partial charge in [-0.25, -0.2) is 18.4 Å². The molecule has 40 heavy (non-hydrogen) atoms. The highest BCUT2D eigenvalue weighted by Gasteiger charge is 2.28. The van der Waals surface area contributed by atoms with E-state index in [2.05, 4.69) is 15.2 Å². The van der Waals surface area contributed by atoms with Crippen LogP contribution in [0.15, 0.2) is 71.6 Å². The van der Waals surface area contributed by atoms with Gasteiger partial charge in [-0.1, -0.05) is 24.3 Å². The van der Waals surface area contributed by atoms with Gasteiger partial charge < -0.3 is 14.8 Å². The van der Waals surface area contributed by atoms with Crippen molar-refractivity contribution in [3.63, 3.8) is 0 Å². The van der Waals surface area contributed by atoms with Crippen molar-refractivity contribution in [3.05, 3.63) is 78.0 Å². The van der Waals surface area contributed by atoms with Crippen molar-refractivity contribution in [1.29, 1.82) is 0 Å². The van der Waals surface area contributed by atoms with Gasteiger partial charge in [0.25, 0.3) is 0 Å². The number of ether oxygens (including phenoxy) is 2. The fourth-order valence-corrected chi connectivity index (χ4v) is 6.35. The number of nitrogens with one attached hydrogen (secondary N) is 1. The van der Waals surface area contributed by atoms with Crippen LogP contribution in [-0.4, -0.2) is 62.9 Å². The largest absolute Gasteiger partial charge is 0.497 e. The number of hydrogen-bond donors (Lipinski definition) is 1. The van der Waals surface area contributed by atoms with E-state index in [1.807, 2.05) is 25.2 Å². The van der Waals surface area contributed by atoms with Crippen LogP contribution in [0.3, 0.4) is 0 Å². The summed E-state index contributed by atoms with van der Waals surface area (Å²) in [7, 11) is 1.24. The molecule has 1 saturated heterocycles. The number of para-hydroxylation sites is 2. The van der Waals surface area contributed by atoms with Crippen molar-refractivity contribution < 1.29 is 22.7 Å². The molecule has 2 heterocycles. The number of methoxy groups -OCH3 is 2. The van der Waals surface area contributed by atoms with E-state index in [0.717, 1.165) is 19.4 Å². The van der Waals surface area contributed by atoms with E-state index in [1.54, 1.807) is 62.8 Å². The molecule has 3 aromatic carbocycles. The second kappa shape index (κ2) is 11.6. The molecule has 10 heteroatoms. The Morgan fingerprint density at radius 1 is 0.975 bits per heavy atom. The Balaban J connectivity index is 1.46. The van der Waals surface area contributed by atoms with Crippen LogP contribution in [0.2, 0.25) is 0 Å². The summed E-state index contributed by atoms with van der Waals surface area (Å²) in [4.78, 5) is 24.5. The molecule has 0 aliphatic carbocycles. The minimum Gasteiger partial charge on any atom is -0.497 e. The Morgan fingerprint density at radius 2 is 1.68 bits per heavy atom. The highest BCUT2D eigenvalue weighted by molar-refractivity contribution is 7.90. The molecule has 0 spiro atoms. The third-order valence-electron chi connectivity index (χ3n) is 7.11. The molecule has 9 nitrogen and oxygen atoms in total. The number of likely N-dealkylation sites (N-methyl/N-ethyl adjacent to an activating group) is 1. The topological polar surface area (TPSA) is 111 Å². The molecule has 0 bridgehead atoms. The molecule has 1 fully saturated rings. The predicted octanol–water partition coefficient (Wildman–Crippen LogP) is 4.57. The average molecular weight is 561 g/mol. The van der Waals surface area contributed by atoms with Gasteiger partial charge in [0.2, 0.25) is 0 Å². The SMILES string of the molecule is COc1cc(Nc2nc3ccccc3nc2CS(=O)(=O)c2cccc(CC(=O)C3CCCN3C)c2)cc(OC)c1. The van der Waals surface area contributed by atoms with Crippen LogP contribution in [-0.2, 0) is 26.8 Å². The maximum Gasteiger partial charge on any atom is 0.184 e. The zero-order valence-electron chi connectivity index (χ0n) is 22.8. The number of rotatable bonds is 10. The van der Waals surface area contributed by atoms with Gasteiger partial charge in [0.1, 0.15) is 17.3 Å². The first kappa shape index (κ1) is 27.5. The lowest BCUT2D eigenvalue weighted by Crippen LogP contribution is -2.33. The standard InChI is InChI=1S/C30H32N4O5S/c1-34-13-7-12-28(34)29(35)15-20-8-6-9-24(14-20)40(36,37)19-27-30(33-26-11-5-4-10-25(26)32-27)31-21-16-22(38-2)18-23(17-21)39-3/h4-6,8-11,14,16-18,28H,7,12-13,15,19H2,1-3H3,(H,31,33). The Kier molecular flexibility index (Phi) is 7.99. The summed E-state index contributed by atoms with van der Waals surface area (Å²) in [6, 6.07) is 19.1. The van der Waals surface area contributed by atoms with Crippen LogP contribution in [0.5, 0.6) is 11.5 Å². The van der Waals surface area contributed by atoms with Crippen molar-refractivity contribution in [3.8, 4) is 11.5 Å². The predicted molar refractivity (Wildman–Crippen MR) is 154 cm³/mol. The monoisotopic (exact) mass is 560 g/mol. The fraction of sp³-hybridized carbons (Fsp3) is 0.300. The third kappa shape index (κ3) is 6.08. The van der Waals surface area contributed by atoms with Crippen LogP contribution in [0.1, 0.15) is 24.1 Å². The quantitative estimate of drug-likeness (QED) is 0.298. The van der Waals surface area contributed by atoms with E-state index in [9.17, 15) is 13.2 Å². The summed E-state index contributed by atoms with van der Waals surface area (Å²) >= 11 is 0. The Hall–Kier alpha value is -4.02. The number of likely N-dealkylation sites (tertiary alicyclic amines) is 1. The first-order valence-electron chi connectivity index (χ1n) is 13.1. The van der Waals surface area contributed by atoms with E-state index in [4.69, 9.17) is 14.5 Å². The van der Waals surface area contributed by atoms with E-state index in [-0.39, 0.29) is 34.6 Å². The summed E-state index contributed by atoms with van der Waals surface area (Å²) in [5.41, 5.74) is 2.77. The van der Waals surface area contributed by atoms with E-state index in [0.29, 0.717) is 39.6 Å². The zero-order chi connectivity index (χ0) is 28.3. The Bertz CT molecular complexity index is 1640.